The van der Waals surface area contributed by atoms with Crippen molar-refractivity contribution >= 4 is 23.0 Å². The van der Waals surface area contributed by atoms with Crippen LogP contribution >= 0.6 is 0 Å². The zero-order valence-corrected chi connectivity index (χ0v) is 15.3. The number of aromatic nitrogens is 1. The molecule has 0 saturated carbocycles. The van der Waals surface area contributed by atoms with Crippen LogP contribution in [0.25, 0.3) is 10.9 Å². The molecule has 0 aliphatic heterocycles. The number of hydrazone groups is 1. The highest BCUT2D eigenvalue weighted by Crippen LogP contribution is 2.23. The molecule has 0 atom stereocenters. The average Bonchev–Trinajstić information content (AvgIpc) is 3.00. The number of amides is 1. The quantitative estimate of drug-likeness (QED) is 0.539. The van der Waals surface area contributed by atoms with Gasteiger partial charge in [0, 0.05) is 28.7 Å². The van der Waals surface area contributed by atoms with E-state index in [1.54, 1.807) is 6.21 Å². The molecule has 1 heterocycles. The molecule has 5 nitrogen and oxygen atoms in total. The second-order valence-corrected chi connectivity index (χ2v) is 6.45. The van der Waals surface area contributed by atoms with Gasteiger partial charge in [0.1, 0.15) is 5.75 Å². The average molecular weight is 349 g/mol. The molecule has 2 aromatic carbocycles. The third-order valence-electron chi connectivity index (χ3n) is 4.17. The van der Waals surface area contributed by atoms with Gasteiger partial charge in [-0.3, -0.25) is 4.79 Å². The number of hydrogen-bond acceptors (Lipinski definition) is 3. The Labute approximate surface area is 153 Å². The molecule has 0 spiro atoms. The molecule has 0 unspecified atom stereocenters. The fraction of sp³-hybridized carbons (Fsp3) is 0.238. The largest absolute Gasteiger partial charge is 0.483 e. The summed E-state index contributed by atoms with van der Waals surface area (Å²) in [4.78, 5) is 11.9. The van der Waals surface area contributed by atoms with E-state index in [0.717, 1.165) is 22.0 Å². The van der Waals surface area contributed by atoms with Gasteiger partial charge >= 0.3 is 0 Å². The number of fused-ring (bicyclic) bond motifs is 1. The number of benzene rings is 2. The molecule has 26 heavy (non-hydrogen) atoms. The van der Waals surface area contributed by atoms with E-state index >= 15 is 0 Å². The van der Waals surface area contributed by atoms with E-state index in [9.17, 15) is 4.79 Å². The lowest BCUT2D eigenvalue weighted by Gasteiger charge is -2.08. The maximum atomic E-state index is 11.9. The molecule has 134 valence electrons. The van der Waals surface area contributed by atoms with Crippen molar-refractivity contribution < 1.29 is 9.53 Å². The third-order valence-corrected chi connectivity index (χ3v) is 4.17. The number of rotatable bonds is 6. The second-order valence-electron chi connectivity index (χ2n) is 6.45. The van der Waals surface area contributed by atoms with E-state index < -0.39 is 0 Å². The topological polar surface area (TPSA) is 55.6 Å². The smallest absolute Gasteiger partial charge is 0.277 e. The zero-order chi connectivity index (χ0) is 18.5. The molecule has 5 heteroatoms. The van der Waals surface area contributed by atoms with Gasteiger partial charge in [-0.05, 0) is 38.5 Å². The molecule has 0 radical (unpaired) electrons. The molecule has 0 aliphatic rings. The minimum atomic E-state index is -0.294. The highest BCUT2D eigenvalue weighted by atomic mass is 16.5. The molecule has 1 amide bonds. The first-order valence-corrected chi connectivity index (χ1v) is 8.66. The number of ether oxygens (including phenoxy) is 1. The van der Waals surface area contributed by atoms with Crippen molar-refractivity contribution in [1.29, 1.82) is 0 Å². The summed E-state index contributed by atoms with van der Waals surface area (Å²) in [5.74, 6) is 0.406. The Morgan fingerprint density at radius 2 is 1.92 bits per heavy atom. The Morgan fingerprint density at radius 3 is 2.69 bits per heavy atom. The van der Waals surface area contributed by atoms with Gasteiger partial charge in [0.2, 0.25) is 0 Å². The van der Waals surface area contributed by atoms with Crippen molar-refractivity contribution in [2.75, 3.05) is 6.61 Å². The first-order chi connectivity index (χ1) is 12.6. The Bertz CT molecular complexity index is 941. The summed E-state index contributed by atoms with van der Waals surface area (Å²) in [6.45, 7) is 6.14. The van der Waals surface area contributed by atoms with Crippen LogP contribution in [-0.4, -0.2) is 23.3 Å². The minimum absolute atomic E-state index is 0.0735. The van der Waals surface area contributed by atoms with Crippen molar-refractivity contribution in [3.63, 3.8) is 0 Å². The van der Waals surface area contributed by atoms with Crippen LogP contribution in [0.15, 0.2) is 59.8 Å². The van der Waals surface area contributed by atoms with Gasteiger partial charge in [-0.1, -0.05) is 36.4 Å². The lowest BCUT2D eigenvalue weighted by atomic mass is 10.2. The maximum Gasteiger partial charge on any atom is 0.277 e. The first-order valence-electron chi connectivity index (χ1n) is 8.66. The van der Waals surface area contributed by atoms with E-state index in [1.807, 2.05) is 43.3 Å². The number of carbonyl (C=O) groups excluding carboxylic acids is 1. The second kappa shape index (κ2) is 7.87. The number of hydrogen-bond donors (Lipinski definition) is 1. The minimum Gasteiger partial charge on any atom is -0.483 e. The summed E-state index contributed by atoms with van der Waals surface area (Å²) in [5.41, 5.74) is 5.63. The number of nitrogens with one attached hydrogen (secondary N) is 1. The van der Waals surface area contributed by atoms with Gasteiger partial charge in [0.05, 0.1) is 6.21 Å². The van der Waals surface area contributed by atoms with Gasteiger partial charge < -0.3 is 9.30 Å². The van der Waals surface area contributed by atoms with E-state index in [0.29, 0.717) is 11.8 Å². The lowest BCUT2D eigenvalue weighted by molar-refractivity contribution is -0.123. The summed E-state index contributed by atoms with van der Waals surface area (Å²) in [7, 11) is 0. The summed E-state index contributed by atoms with van der Waals surface area (Å²) >= 11 is 0. The zero-order valence-electron chi connectivity index (χ0n) is 15.3. The van der Waals surface area contributed by atoms with Crippen LogP contribution in [0, 0.1) is 6.92 Å². The van der Waals surface area contributed by atoms with E-state index in [4.69, 9.17) is 4.74 Å². The van der Waals surface area contributed by atoms with Crippen LogP contribution in [-0.2, 0) is 4.79 Å². The van der Waals surface area contributed by atoms with Crippen LogP contribution < -0.4 is 10.2 Å². The number of nitrogens with zero attached hydrogens (tertiary/aromatic N) is 2. The van der Waals surface area contributed by atoms with Gasteiger partial charge in [0.15, 0.2) is 6.61 Å². The number of aryl methyl sites for hydroxylation is 1. The summed E-state index contributed by atoms with van der Waals surface area (Å²) in [6, 6.07) is 16.1. The molecule has 0 bridgehead atoms. The monoisotopic (exact) mass is 349 g/mol. The molecular weight excluding hydrogens is 326 g/mol. The van der Waals surface area contributed by atoms with Crippen LogP contribution in [0.3, 0.4) is 0 Å². The van der Waals surface area contributed by atoms with Gasteiger partial charge in [0.25, 0.3) is 5.91 Å². The summed E-state index contributed by atoms with van der Waals surface area (Å²) in [5, 5.41) is 5.19. The van der Waals surface area contributed by atoms with Gasteiger partial charge in [-0.15, -0.1) is 0 Å². The Hall–Kier alpha value is -3.08. The van der Waals surface area contributed by atoms with Crippen molar-refractivity contribution in [2.24, 2.45) is 5.10 Å². The van der Waals surface area contributed by atoms with Crippen molar-refractivity contribution in [3.05, 3.63) is 65.9 Å². The van der Waals surface area contributed by atoms with E-state index in [-0.39, 0.29) is 12.5 Å². The predicted octanol–water partition coefficient (Wildman–Crippen LogP) is 4.06. The summed E-state index contributed by atoms with van der Waals surface area (Å²) in [6.07, 6.45) is 3.72. The molecule has 1 N–H and O–H groups in total. The summed E-state index contributed by atoms with van der Waals surface area (Å²) < 4.78 is 7.71. The van der Waals surface area contributed by atoms with Gasteiger partial charge in [-0.2, -0.15) is 5.10 Å². The van der Waals surface area contributed by atoms with Crippen molar-refractivity contribution in [3.8, 4) is 5.75 Å². The van der Waals surface area contributed by atoms with Crippen LogP contribution in [0.1, 0.15) is 31.0 Å². The van der Waals surface area contributed by atoms with Crippen molar-refractivity contribution in [2.45, 2.75) is 26.8 Å². The third kappa shape index (κ3) is 3.94. The molecule has 0 fully saturated rings. The Morgan fingerprint density at radius 1 is 1.19 bits per heavy atom. The first kappa shape index (κ1) is 17.7. The number of para-hydroxylation sites is 2. The SMILES string of the molecule is Cc1ccccc1OCC(=O)N/N=C\c1cn(C(C)C)c2ccccc12. The van der Waals surface area contributed by atoms with Crippen LogP contribution in [0.4, 0.5) is 0 Å². The molecule has 3 rings (SSSR count). The lowest BCUT2D eigenvalue weighted by Crippen LogP contribution is -2.24. The normalized spacial score (nSPS) is 11.4. The molecule has 0 saturated heterocycles. The molecule has 3 aromatic rings. The Balaban J connectivity index is 1.64. The number of carbonyl (C=O) groups is 1. The van der Waals surface area contributed by atoms with E-state index in [2.05, 4.69) is 47.3 Å². The van der Waals surface area contributed by atoms with Crippen LogP contribution in [0.5, 0.6) is 5.75 Å². The van der Waals surface area contributed by atoms with Crippen molar-refractivity contribution in [1.82, 2.24) is 9.99 Å². The Kier molecular flexibility index (Phi) is 5.37. The molecule has 1 aromatic heterocycles. The van der Waals surface area contributed by atoms with Gasteiger partial charge in [-0.25, -0.2) is 5.43 Å². The fourth-order valence-corrected chi connectivity index (χ4v) is 2.83. The maximum absolute atomic E-state index is 11.9. The fourth-order valence-electron chi connectivity index (χ4n) is 2.83. The van der Waals surface area contributed by atoms with E-state index in [1.165, 1.54) is 0 Å². The molecular formula is C21H23N3O2. The highest BCUT2D eigenvalue weighted by Gasteiger charge is 2.09. The standard InChI is InChI=1S/C21H23N3O2/c1-15(2)24-13-17(18-9-5-6-10-19(18)24)12-22-23-21(25)14-26-20-11-7-4-8-16(20)3/h4-13,15H,14H2,1-3H3,(H,23,25)/b22-12-. The van der Waals surface area contributed by atoms with Crippen LogP contribution in [0.2, 0.25) is 0 Å². The predicted molar refractivity (Wildman–Crippen MR) is 105 cm³/mol. The molecule has 0 aliphatic carbocycles. The highest BCUT2D eigenvalue weighted by molar-refractivity contribution is 5.99.